The van der Waals surface area contributed by atoms with Crippen molar-refractivity contribution in [1.29, 1.82) is 0 Å². The molecule has 2 aromatic rings. The fraction of sp³-hybridized carbons (Fsp3) is 0.462. The Kier molecular flexibility index (Phi) is 9.57. The van der Waals surface area contributed by atoms with Gasteiger partial charge in [0.25, 0.3) is 0 Å². The maximum absolute atomic E-state index is 11.5. The van der Waals surface area contributed by atoms with E-state index in [0.717, 1.165) is 36.1 Å². The van der Waals surface area contributed by atoms with Crippen LogP contribution < -0.4 is 9.47 Å². The molecule has 2 rings (SSSR count). The Bertz CT molecular complexity index is 870. The molecule has 0 aromatic heterocycles. The van der Waals surface area contributed by atoms with Crippen LogP contribution in [0.1, 0.15) is 56.7 Å². The zero-order chi connectivity index (χ0) is 22.8. The van der Waals surface area contributed by atoms with E-state index in [4.69, 9.17) is 9.47 Å². The molecule has 1 atom stereocenters. The first kappa shape index (κ1) is 24.4. The van der Waals surface area contributed by atoms with Crippen molar-refractivity contribution in [2.24, 2.45) is 5.92 Å². The number of aromatic hydroxyl groups is 1. The third kappa shape index (κ3) is 8.08. The number of hydrogen-bond acceptors (Lipinski definition) is 5. The first-order chi connectivity index (χ1) is 14.8. The fourth-order valence-corrected chi connectivity index (χ4v) is 3.18. The molecule has 0 amide bonds. The SMILES string of the molecule is CC(=O)CCc1ccc(OCCCCOc2ccc(CC(C)C(C)=O)c(O)c2C)cc1. The van der Waals surface area contributed by atoms with Gasteiger partial charge in [0.2, 0.25) is 0 Å². The number of carbonyl (C=O) groups is 2. The monoisotopic (exact) mass is 426 g/mol. The predicted molar refractivity (Wildman–Crippen MR) is 122 cm³/mol. The first-order valence-electron chi connectivity index (χ1n) is 10.9. The van der Waals surface area contributed by atoms with Gasteiger partial charge in [-0.25, -0.2) is 0 Å². The molecule has 0 aliphatic rings. The van der Waals surface area contributed by atoms with E-state index in [1.165, 1.54) is 0 Å². The smallest absolute Gasteiger partial charge is 0.132 e. The van der Waals surface area contributed by atoms with E-state index in [1.54, 1.807) is 13.8 Å². The molecule has 31 heavy (non-hydrogen) atoms. The second-order valence-electron chi connectivity index (χ2n) is 8.16. The van der Waals surface area contributed by atoms with Crippen LogP contribution in [-0.4, -0.2) is 29.9 Å². The number of ketones is 2. The minimum Gasteiger partial charge on any atom is -0.507 e. The van der Waals surface area contributed by atoms with Gasteiger partial charge in [-0.05, 0) is 75.8 Å². The number of hydrogen-bond donors (Lipinski definition) is 1. The number of Topliss-reactive ketones (excluding diaryl/α,β-unsaturated/α-hetero) is 2. The molecule has 0 heterocycles. The van der Waals surface area contributed by atoms with Crippen molar-refractivity contribution in [1.82, 2.24) is 0 Å². The Balaban J connectivity index is 1.71. The normalized spacial score (nSPS) is 11.7. The van der Waals surface area contributed by atoms with E-state index in [2.05, 4.69) is 0 Å². The Labute approximate surface area is 185 Å². The fourth-order valence-electron chi connectivity index (χ4n) is 3.18. The molecule has 1 unspecified atom stereocenters. The van der Waals surface area contributed by atoms with Crippen LogP contribution >= 0.6 is 0 Å². The summed E-state index contributed by atoms with van der Waals surface area (Å²) in [6.07, 6.45) is 3.54. The van der Waals surface area contributed by atoms with Crippen molar-refractivity contribution in [3.8, 4) is 17.2 Å². The maximum atomic E-state index is 11.5. The average Bonchev–Trinajstić information content (AvgIpc) is 2.74. The summed E-state index contributed by atoms with van der Waals surface area (Å²) in [6, 6.07) is 11.6. The molecule has 0 fully saturated rings. The van der Waals surface area contributed by atoms with Crippen molar-refractivity contribution < 1.29 is 24.2 Å². The zero-order valence-electron chi connectivity index (χ0n) is 19.1. The van der Waals surface area contributed by atoms with E-state index in [-0.39, 0.29) is 23.2 Å². The van der Waals surface area contributed by atoms with Crippen LogP contribution in [0.4, 0.5) is 0 Å². The molecule has 0 spiro atoms. The van der Waals surface area contributed by atoms with Gasteiger partial charge in [-0.3, -0.25) is 4.79 Å². The highest BCUT2D eigenvalue weighted by atomic mass is 16.5. The van der Waals surface area contributed by atoms with Crippen molar-refractivity contribution in [3.05, 3.63) is 53.1 Å². The highest BCUT2D eigenvalue weighted by molar-refractivity contribution is 5.78. The largest absolute Gasteiger partial charge is 0.507 e. The van der Waals surface area contributed by atoms with Crippen LogP contribution in [0, 0.1) is 12.8 Å². The molecule has 0 saturated carbocycles. The molecule has 0 bridgehead atoms. The lowest BCUT2D eigenvalue weighted by Gasteiger charge is -2.15. The summed E-state index contributed by atoms with van der Waals surface area (Å²) < 4.78 is 11.6. The predicted octanol–water partition coefficient (Wildman–Crippen LogP) is 5.23. The highest BCUT2D eigenvalue weighted by Crippen LogP contribution is 2.32. The number of carbonyl (C=O) groups excluding carboxylic acids is 2. The van der Waals surface area contributed by atoms with E-state index >= 15 is 0 Å². The van der Waals surface area contributed by atoms with Crippen LogP contribution in [0.2, 0.25) is 0 Å². The summed E-state index contributed by atoms with van der Waals surface area (Å²) in [5.41, 5.74) is 2.61. The van der Waals surface area contributed by atoms with E-state index in [9.17, 15) is 14.7 Å². The van der Waals surface area contributed by atoms with Crippen LogP contribution in [-0.2, 0) is 22.4 Å². The topological polar surface area (TPSA) is 72.8 Å². The van der Waals surface area contributed by atoms with Gasteiger partial charge in [0.15, 0.2) is 0 Å². The van der Waals surface area contributed by atoms with Crippen LogP contribution in [0.25, 0.3) is 0 Å². The molecule has 2 aromatic carbocycles. The number of phenols is 1. The molecule has 168 valence electrons. The molecule has 5 heteroatoms. The van der Waals surface area contributed by atoms with E-state index < -0.39 is 0 Å². The summed E-state index contributed by atoms with van der Waals surface area (Å²) in [7, 11) is 0. The lowest BCUT2D eigenvalue weighted by atomic mass is 9.95. The summed E-state index contributed by atoms with van der Waals surface area (Å²) in [5.74, 6) is 1.90. The maximum Gasteiger partial charge on any atom is 0.132 e. The van der Waals surface area contributed by atoms with Crippen molar-refractivity contribution in [3.63, 3.8) is 0 Å². The second-order valence-corrected chi connectivity index (χ2v) is 8.16. The molecule has 0 saturated heterocycles. The number of unbranched alkanes of at least 4 members (excludes halogenated alkanes) is 1. The quantitative estimate of drug-likeness (QED) is 0.444. The standard InChI is InChI=1S/C26H34O5/c1-18(21(4)28)17-23-11-14-25(20(3)26(23)29)31-16-6-5-15-30-24-12-9-22(10-13-24)8-7-19(2)27/h9-14,18,29H,5-8,15-17H2,1-4H3. The summed E-state index contributed by atoms with van der Waals surface area (Å²) in [6.45, 7) is 8.01. The van der Waals surface area contributed by atoms with Crippen LogP contribution in [0.3, 0.4) is 0 Å². The second kappa shape index (κ2) is 12.1. The highest BCUT2D eigenvalue weighted by Gasteiger charge is 2.15. The van der Waals surface area contributed by atoms with Crippen molar-refractivity contribution >= 4 is 11.6 Å². The lowest BCUT2D eigenvalue weighted by molar-refractivity contribution is -0.120. The molecule has 0 aliphatic heterocycles. The molecule has 1 N–H and O–H groups in total. The number of benzene rings is 2. The summed E-state index contributed by atoms with van der Waals surface area (Å²) in [5, 5.41) is 10.4. The van der Waals surface area contributed by atoms with Gasteiger partial charge in [0, 0.05) is 17.9 Å². The zero-order valence-corrected chi connectivity index (χ0v) is 19.1. The minimum atomic E-state index is -0.117. The Morgan fingerprint density at radius 3 is 2.23 bits per heavy atom. The molecular formula is C26H34O5. The van der Waals surface area contributed by atoms with Gasteiger partial charge in [-0.2, -0.15) is 0 Å². The van der Waals surface area contributed by atoms with Crippen LogP contribution in [0.5, 0.6) is 17.2 Å². The van der Waals surface area contributed by atoms with Gasteiger partial charge in [0.05, 0.1) is 13.2 Å². The lowest BCUT2D eigenvalue weighted by Crippen LogP contribution is -2.10. The van der Waals surface area contributed by atoms with Crippen molar-refractivity contribution in [2.45, 2.75) is 59.8 Å². The van der Waals surface area contributed by atoms with E-state index in [0.29, 0.717) is 37.4 Å². The van der Waals surface area contributed by atoms with Crippen molar-refractivity contribution in [2.75, 3.05) is 13.2 Å². The number of ether oxygens (including phenoxy) is 2. The molecule has 5 nitrogen and oxygen atoms in total. The van der Waals surface area contributed by atoms with Gasteiger partial charge in [0.1, 0.15) is 28.8 Å². The first-order valence-corrected chi connectivity index (χ1v) is 10.9. The number of phenolic OH excluding ortho intramolecular Hbond substituents is 1. The average molecular weight is 427 g/mol. The third-order valence-electron chi connectivity index (χ3n) is 5.44. The van der Waals surface area contributed by atoms with Gasteiger partial charge in [-0.1, -0.05) is 25.1 Å². The summed E-state index contributed by atoms with van der Waals surface area (Å²) >= 11 is 0. The van der Waals surface area contributed by atoms with E-state index in [1.807, 2.05) is 50.2 Å². The molecule has 0 radical (unpaired) electrons. The number of rotatable bonds is 13. The molecule has 0 aliphatic carbocycles. The minimum absolute atomic E-state index is 0.114. The van der Waals surface area contributed by atoms with Gasteiger partial charge < -0.3 is 19.4 Å². The summed E-state index contributed by atoms with van der Waals surface area (Å²) in [4.78, 5) is 22.5. The number of aryl methyl sites for hydroxylation is 1. The van der Waals surface area contributed by atoms with Crippen LogP contribution in [0.15, 0.2) is 36.4 Å². The Morgan fingerprint density at radius 2 is 1.61 bits per heavy atom. The molecular weight excluding hydrogens is 392 g/mol. The Morgan fingerprint density at radius 1 is 0.968 bits per heavy atom. The van der Waals surface area contributed by atoms with Gasteiger partial charge in [-0.15, -0.1) is 0 Å². The van der Waals surface area contributed by atoms with Gasteiger partial charge >= 0.3 is 0 Å². The Hall–Kier alpha value is -2.82. The third-order valence-corrected chi connectivity index (χ3v) is 5.44.